The van der Waals surface area contributed by atoms with Gasteiger partial charge in [0.25, 0.3) is 0 Å². The van der Waals surface area contributed by atoms with Gasteiger partial charge in [-0.05, 0) is 51.0 Å². The highest BCUT2D eigenvalue weighted by atomic mass is 16.5. The van der Waals surface area contributed by atoms with E-state index in [1.807, 2.05) is 13.8 Å². The number of aromatic nitrogens is 2. The molecule has 0 bridgehead atoms. The van der Waals surface area contributed by atoms with Crippen molar-refractivity contribution in [1.29, 1.82) is 0 Å². The molecule has 0 spiro atoms. The van der Waals surface area contributed by atoms with Crippen LogP contribution in [0, 0.1) is 0 Å². The van der Waals surface area contributed by atoms with Crippen LogP contribution in [-0.2, 0) is 11.3 Å². The fourth-order valence-electron chi connectivity index (χ4n) is 3.67. The molecule has 0 aliphatic heterocycles. The first-order valence-corrected chi connectivity index (χ1v) is 10.2. The fourth-order valence-corrected chi connectivity index (χ4v) is 3.67. The number of ether oxygens (including phenoxy) is 1. The SMILES string of the molecule is CCOC(C)c1noc(CNC(=NC)NC2CCC(c3ccccc3)CC2)n1. The van der Waals surface area contributed by atoms with E-state index in [-0.39, 0.29) is 6.10 Å². The quantitative estimate of drug-likeness (QED) is 0.560. The lowest BCUT2D eigenvalue weighted by Gasteiger charge is -2.30. The van der Waals surface area contributed by atoms with Crippen LogP contribution >= 0.6 is 0 Å². The van der Waals surface area contributed by atoms with E-state index in [2.05, 4.69) is 56.1 Å². The van der Waals surface area contributed by atoms with Crippen molar-refractivity contribution >= 4 is 5.96 Å². The molecule has 7 nitrogen and oxygen atoms in total. The molecule has 1 saturated carbocycles. The molecule has 0 saturated heterocycles. The maximum atomic E-state index is 5.49. The largest absolute Gasteiger partial charge is 0.371 e. The summed E-state index contributed by atoms with van der Waals surface area (Å²) in [7, 11) is 1.78. The van der Waals surface area contributed by atoms with Gasteiger partial charge in [-0.2, -0.15) is 4.98 Å². The van der Waals surface area contributed by atoms with E-state index in [0.717, 1.165) is 18.8 Å². The van der Waals surface area contributed by atoms with E-state index >= 15 is 0 Å². The summed E-state index contributed by atoms with van der Waals surface area (Å²) in [6.45, 7) is 4.91. The lowest BCUT2D eigenvalue weighted by atomic mass is 9.82. The third kappa shape index (κ3) is 5.55. The van der Waals surface area contributed by atoms with Gasteiger partial charge in [0.15, 0.2) is 11.8 Å². The maximum absolute atomic E-state index is 5.49. The fraction of sp³-hybridized carbons (Fsp3) is 0.571. The Morgan fingerprint density at radius 2 is 2.00 bits per heavy atom. The number of nitrogens with zero attached hydrogens (tertiary/aromatic N) is 3. The van der Waals surface area contributed by atoms with Crippen molar-refractivity contribution in [3.05, 3.63) is 47.6 Å². The summed E-state index contributed by atoms with van der Waals surface area (Å²) in [5.74, 6) is 2.53. The molecule has 1 aromatic carbocycles. The molecule has 2 aromatic rings. The normalized spacial score (nSPS) is 21.3. The second-order valence-corrected chi connectivity index (χ2v) is 7.17. The predicted octanol–water partition coefficient (Wildman–Crippen LogP) is 3.56. The van der Waals surface area contributed by atoms with Gasteiger partial charge >= 0.3 is 0 Å². The number of rotatable bonds is 7. The monoisotopic (exact) mass is 385 g/mol. The molecule has 1 aliphatic carbocycles. The van der Waals surface area contributed by atoms with Crippen LogP contribution < -0.4 is 10.6 Å². The van der Waals surface area contributed by atoms with E-state index in [9.17, 15) is 0 Å². The van der Waals surface area contributed by atoms with Crippen molar-refractivity contribution < 1.29 is 9.26 Å². The molecule has 1 fully saturated rings. The first-order valence-electron chi connectivity index (χ1n) is 10.2. The van der Waals surface area contributed by atoms with Gasteiger partial charge in [-0.15, -0.1) is 0 Å². The van der Waals surface area contributed by atoms with Crippen molar-refractivity contribution in [2.75, 3.05) is 13.7 Å². The Morgan fingerprint density at radius 3 is 2.68 bits per heavy atom. The van der Waals surface area contributed by atoms with E-state index in [0.29, 0.717) is 36.8 Å². The Labute approximate surface area is 167 Å². The molecule has 1 aromatic heterocycles. The summed E-state index contributed by atoms with van der Waals surface area (Å²) in [5.41, 5.74) is 1.46. The van der Waals surface area contributed by atoms with E-state index in [1.165, 1.54) is 18.4 Å². The van der Waals surface area contributed by atoms with Gasteiger partial charge in [0.2, 0.25) is 5.89 Å². The Kier molecular flexibility index (Phi) is 7.42. The summed E-state index contributed by atoms with van der Waals surface area (Å²) in [6, 6.07) is 11.2. The van der Waals surface area contributed by atoms with Crippen LogP contribution in [0.4, 0.5) is 0 Å². The molecule has 1 atom stereocenters. The van der Waals surface area contributed by atoms with Gasteiger partial charge in [-0.1, -0.05) is 35.5 Å². The number of aliphatic imine (C=N–C) groups is 1. The average Bonchev–Trinajstić information content (AvgIpc) is 3.21. The smallest absolute Gasteiger partial charge is 0.246 e. The first kappa shape index (κ1) is 20.3. The van der Waals surface area contributed by atoms with Gasteiger partial charge < -0.3 is 19.9 Å². The second kappa shape index (κ2) is 10.2. The topological polar surface area (TPSA) is 84.6 Å². The van der Waals surface area contributed by atoms with Crippen LogP contribution in [0.1, 0.15) is 68.8 Å². The van der Waals surface area contributed by atoms with Crippen molar-refractivity contribution in [2.24, 2.45) is 4.99 Å². The van der Waals surface area contributed by atoms with Crippen LogP contribution in [0.5, 0.6) is 0 Å². The van der Waals surface area contributed by atoms with E-state index < -0.39 is 0 Å². The zero-order chi connectivity index (χ0) is 19.8. The molecule has 2 N–H and O–H groups in total. The molecule has 28 heavy (non-hydrogen) atoms. The summed E-state index contributed by atoms with van der Waals surface area (Å²) >= 11 is 0. The third-order valence-electron chi connectivity index (χ3n) is 5.23. The Morgan fingerprint density at radius 1 is 1.25 bits per heavy atom. The molecule has 1 heterocycles. The predicted molar refractivity (Wildman–Crippen MR) is 109 cm³/mol. The van der Waals surface area contributed by atoms with Crippen molar-refractivity contribution in [3.8, 4) is 0 Å². The Hall–Kier alpha value is -2.41. The van der Waals surface area contributed by atoms with Crippen LogP contribution in [-0.4, -0.2) is 35.8 Å². The lowest BCUT2D eigenvalue weighted by Crippen LogP contribution is -2.44. The highest BCUT2D eigenvalue weighted by molar-refractivity contribution is 5.79. The minimum atomic E-state index is -0.167. The van der Waals surface area contributed by atoms with Crippen LogP contribution in [0.3, 0.4) is 0 Å². The Balaban J connectivity index is 1.44. The summed E-state index contributed by atoms with van der Waals surface area (Å²) < 4.78 is 10.8. The van der Waals surface area contributed by atoms with Gasteiger partial charge in [0.05, 0.1) is 6.54 Å². The molecule has 1 aliphatic rings. The minimum absolute atomic E-state index is 0.167. The number of guanidine groups is 1. The third-order valence-corrected chi connectivity index (χ3v) is 5.23. The molecule has 3 rings (SSSR count). The molecule has 1 unspecified atom stereocenters. The molecular formula is C21H31N5O2. The number of nitrogens with one attached hydrogen (secondary N) is 2. The summed E-state index contributed by atoms with van der Waals surface area (Å²) in [5, 5.41) is 10.8. The lowest BCUT2D eigenvalue weighted by molar-refractivity contribution is 0.0683. The second-order valence-electron chi connectivity index (χ2n) is 7.17. The highest BCUT2D eigenvalue weighted by Crippen LogP contribution is 2.32. The van der Waals surface area contributed by atoms with Crippen molar-refractivity contribution in [1.82, 2.24) is 20.8 Å². The standard InChI is InChI=1S/C21H31N5O2/c1-4-27-15(2)20-25-19(28-26-20)14-23-21(22-3)24-18-12-10-17(11-13-18)16-8-6-5-7-9-16/h5-9,15,17-18H,4,10-14H2,1-3H3,(H2,22,23,24). The van der Waals surface area contributed by atoms with Crippen molar-refractivity contribution in [3.63, 3.8) is 0 Å². The number of hydrogen-bond acceptors (Lipinski definition) is 5. The maximum Gasteiger partial charge on any atom is 0.246 e. The zero-order valence-electron chi connectivity index (χ0n) is 17.0. The average molecular weight is 386 g/mol. The van der Waals surface area contributed by atoms with E-state index in [1.54, 1.807) is 7.05 Å². The highest BCUT2D eigenvalue weighted by Gasteiger charge is 2.23. The number of hydrogen-bond donors (Lipinski definition) is 2. The van der Waals surface area contributed by atoms with Gasteiger partial charge in [-0.25, -0.2) is 0 Å². The molecule has 0 amide bonds. The van der Waals surface area contributed by atoms with Gasteiger partial charge in [0.1, 0.15) is 6.10 Å². The molecular weight excluding hydrogens is 354 g/mol. The van der Waals surface area contributed by atoms with Crippen molar-refractivity contribution in [2.45, 2.75) is 64.1 Å². The molecule has 0 radical (unpaired) electrons. The van der Waals surface area contributed by atoms with Gasteiger partial charge in [-0.3, -0.25) is 4.99 Å². The zero-order valence-corrected chi connectivity index (χ0v) is 17.0. The molecule has 152 valence electrons. The summed E-state index contributed by atoms with van der Waals surface area (Å²) in [4.78, 5) is 8.70. The van der Waals surface area contributed by atoms with Crippen LogP contribution in [0.15, 0.2) is 39.8 Å². The van der Waals surface area contributed by atoms with E-state index in [4.69, 9.17) is 9.26 Å². The first-order chi connectivity index (χ1) is 13.7. The minimum Gasteiger partial charge on any atom is -0.371 e. The van der Waals surface area contributed by atoms with Crippen LogP contribution in [0.25, 0.3) is 0 Å². The van der Waals surface area contributed by atoms with Crippen LogP contribution in [0.2, 0.25) is 0 Å². The van der Waals surface area contributed by atoms with Gasteiger partial charge in [0, 0.05) is 19.7 Å². The Bertz CT molecular complexity index is 738. The molecule has 7 heteroatoms. The number of benzene rings is 1. The summed E-state index contributed by atoms with van der Waals surface area (Å²) in [6.07, 6.45) is 4.50.